The van der Waals surface area contributed by atoms with Crippen molar-refractivity contribution in [3.8, 4) is 11.3 Å². The van der Waals surface area contributed by atoms with Crippen LogP contribution in [0.1, 0.15) is 35.1 Å². The van der Waals surface area contributed by atoms with Gasteiger partial charge in [-0.3, -0.25) is 4.98 Å². The average Bonchev–Trinajstić information content (AvgIpc) is 2.81. The van der Waals surface area contributed by atoms with E-state index in [1.807, 2.05) is 39.8 Å². The standard InChI is InChI=1S/C15H19ClN4O2.CH4/c1-5-19(14(21)22-15(2,3)4)20-10-12(18-13(20)16)11-7-6-8-17-9-11;/h6-10H,5H2,1-4H3;1H4. The number of carbonyl (C=O) groups is 1. The van der Waals surface area contributed by atoms with Crippen molar-refractivity contribution >= 4 is 17.7 Å². The van der Waals surface area contributed by atoms with Gasteiger partial charge < -0.3 is 4.74 Å². The molecular formula is C16H23ClN4O2. The van der Waals surface area contributed by atoms with E-state index < -0.39 is 11.7 Å². The third-order valence-electron chi connectivity index (χ3n) is 2.77. The van der Waals surface area contributed by atoms with Gasteiger partial charge in [0.1, 0.15) is 5.60 Å². The van der Waals surface area contributed by atoms with E-state index in [1.54, 1.807) is 18.6 Å². The van der Waals surface area contributed by atoms with Crippen LogP contribution in [0.2, 0.25) is 5.28 Å². The number of pyridine rings is 1. The first-order chi connectivity index (χ1) is 10.3. The van der Waals surface area contributed by atoms with Crippen molar-refractivity contribution in [2.75, 3.05) is 11.6 Å². The first-order valence-electron chi connectivity index (χ1n) is 6.98. The van der Waals surface area contributed by atoms with Gasteiger partial charge in [-0.05, 0) is 51.4 Å². The lowest BCUT2D eigenvalue weighted by molar-refractivity contribution is 0.0541. The summed E-state index contributed by atoms with van der Waals surface area (Å²) in [5.74, 6) is 0. The van der Waals surface area contributed by atoms with Crippen molar-refractivity contribution < 1.29 is 9.53 Å². The van der Waals surface area contributed by atoms with Crippen LogP contribution in [-0.4, -0.2) is 32.9 Å². The average molecular weight is 339 g/mol. The van der Waals surface area contributed by atoms with Crippen molar-refractivity contribution in [1.29, 1.82) is 0 Å². The molecule has 0 fully saturated rings. The predicted molar refractivity (Wildman–Crippen MR) is 92.2 cm³/mol. The van der Waals surface area contributed by atoms with Crippen LogP contribution in [0.3, 0.4) is 0 Å². The quantitative estimate of drug-likeness (QED) is 0.844. The molecule has 2 aromatic heterocycles. The minimum Gasteiger partial charge on any atom is -0.442 e. The Labute approximate surface area is 142 Å². The van der Waals surface area contributed by atoms with Gasteiger partial charge in [-0.15, -0.1) is 0 Å². The Balaban J connectivity index is 0.00000264. The van der Waals surface area contributed by atoms with E-state index in [4.69, 9.17) is 16.3 Å². The zero-order valence-electron chi connectivity index (χ0n) is 13.1. The monoisotopic (exact) mass is 338 g/mol. The Hall–Kier alpha value is -2.08. The van der Waals surface area contributed by atoms with Crippen molar-refractivity contribution in [2.24, 2.45) is 0 Å². The molecule has 0 saturated carbocycles. The Morgan fingerprint density at radius 2 is 2.13 bits per heavy atom. The summed E-state index contributed by atoms with van der Waals surface area (Å²) in [6.07, 6.45) is 4.58. The van der Waals surface area contributed by atoms with E-state index in [9.17, 15) is 4.79 Å². The molecule has 0 atom stereocenters. The van der Waals surface area contributed by atoms with Crippen LogP contribution in [0.15, 0.2) is 30.7 Å². The molecule has 126 valence electrons. The summed E-state index contributed by atoms with van der Waals surface area (Å²) in [5, 5.41) is 1.58. The third kappa shape index (κ3) is 4.69. The number of hydrogen-bond donors (Lipinski definition) is 0. The molecule has 2 heterocycles. The largest absolute Gasteiger partial charge is 0.442 e. The molecule has 0 spiro atoms. The molecule has 0 aliphatic heterocycles. The molecule has 0 aliphatic carbocycles. The minimum absolute atomic E-state index is 0. The summed E-state index contributed by atoms with van der Waals surface area (Å²) < 4.78 is 6.87. The Bertz CT molecular complexity index is 650. The predicted octanol–water partition coefficient (Wildman–Crippen LogP) is 4.13. The lowest BCUT2D eigenvalue weighted by Crippen LogP contribution is -2.43. The highest BCUT2D eigenvalue weighted by Gasteiger charge is 2.24. The number of carbonyl (C=O) groups excluding carboxylic acids is 1. The second-order valence-electron chi connectivity index (χ2n) is 5.68. The number of imidazole rings is 1. The topological polar surface area (TPSA) is 60.2 Å². The summed E-state index contributed by atoms with van der Waals surface area (Å²) in [7, 11) is 0. The Kier molecular flexibility index (Phi) is 6.15. The number of rotatable bonds is 3. The molecule has 7 heteroatoms. The van der Waals surface area contributed by atoms with Crippen LogP contribution >= 0.6 is 11.6 Å². The maximum Gasteiger partial charge on any atom is 0.429 e. The van der Waals surface area contributed by atoms with Crippen LogP contribution in [0, 0.1) is 0 Å². The fourth-order valence-electron chi connectivity index (χ4n) is 1.86. The van der Waals surface area contributed by atoms with Gasteiger partial charge in [-0.25, -0.2) is 19.5 Å². The lowest BCUT2D eigenvalue weighted by Gasteiger charge is -2.27. The fraction of sp³-hybridized carbons (Fsp3) is 0.438. The number of halogens is 1. The summed E-state index contributed by atoms with van der Waals surface area (Å²) in [6.45, 7) is 7.68. The van der Waals surface area contributed by atoms with Crippen LogP contribution in [0.25, 0.3) is 11.3 Å². The zero-order chi connectivity index (χ0) is 16.3. The number of aromatic nitrogens is 3. The molecule has 0 saturated heterocycles. The van der Waals surface area contributed by atoms with E-state index in [0.717, 1.165) is 5.56 Å². The Morgan fingerprint density at radius 1 is 1.43 bits per heavy atom. The zero-order valence-corrected chi connectivity index (χ0v) is 13.8. The smallest absolute Gasteiger partial charge is 0.429 e. The lowest BCUT2D eigenvalue weighted by atomic mass is 10.2. The van der Waals surface area contributed by atoms with Gasteiger partial charge in [0.05, 0.1) is 11.9 Å². The van der Waals surface area contributed by atoms with Crippen molar-refractivity contribution in [2.45, 2.75) is 40.7 Å². The van der Waals surface area contributed by atoms with E-state index >= 15 is 0 Å². The molecule has 6 nitrogen and oxygen atoms in total. The van der Waals surface area contributed by atoms with E-state index in [2.05, 4.69) is 9.97 Å². The number of nitrogens with zero attached hydrogens (tertiary/aromatic N) is 4. The molecule has 0 aromatic carbocycles. The first-order valence-corrected chi connectivity index (χ1v) is 7.35. The number of hydrogen-bond acceptors (Lipinski definition) is 4. The van der Waals surface area contributed by atoms with Crippen LogP contribution in [-0.2, 0) is 4.74 Å². The summed E-state index contributed by atoms with van der Waals surface area (Å²) >= 11 is 6.17. The molecule has 1 amide bonds. The van der Waals surface area contributed by atoms with Gasteiger partial charge in [-0.2, -0.15) is 0 Å². The summed E-state index contributed by atoms with van der Waals surface area (Å²) in [6, 6.07) is 3.69. The molecule has 0 aliphatic rings. The second-order valence-corrected chi connectivity index (χ2v) is 6.02. The number of amides is 1. The van der Waals surface area contributed by atoms with Gasteiger partial charge >= 0.3 is 6.09 Å². The summed E-state index contributed by atoms with van der Waals surface area (Å²) in [5.41, 5.74) is 0.882. The third-order valence-corrected chi connectivity index (χ3v) is 3.03. The molecule has 23 heavy (non-hydrogen) atoms. The van der Waals surface area contributed by atoms with Crippen LogP contribution in [0.4, 0.5) is 4.79 Å². The summed E-state index contributed by atoms with van der Waals surface area (Å²) in [4.78, 5) is 20.6. The van der Waals surface area contributed by atoms with Crippen molar-refractivity contribution in [3.63, 3.8) is 0 Å². The molecule has 0 unspecified atom stereocenters. The van der Waals surface area contributed by atoms with Gasteiger partial charge in [0.15, 0.2) is 0 Å². The van der Waals surface area contributed by atoms with E-state index in [-0.39, 0.29) is 12.7 Å². The molecule has 0 bridgehead atoms. The van der Waals surface area contributed by atoms with Gasteiger partial charge in [0, 0.05) is 24.5 Å². The minimum atomic E-state index is -0.580. The normalized spacial score (nSPS) is 10.8. The molecule has 2 aromatic rings. The van der Waals surface area contributed by atoms with Gasteiger partial charge in [0.25, 0.3) is 0 Å². The number of ether oxygens (including phenoxy) is 1. The van der Waals surface area contributed by atoms with Crippen LogP contribution < -0.4 is 5.01 Å². The maximum absolute atomic E-state index is 12.3. The van der Waals surface area contributed by atoms with E-state index in [0.29, 0.717) is 12.2 Å². The highest BCUT2D eigenvalue weighted by Crippen LogP contribution is 2.21. The Morgan fingerprint density at radius 3 is 2.65 bits per heavy atom. The van der Waals surface area contributed by atoms with Gasteiger partial charge in [-0.1, -0.05) is 7.43 Å². The van der Waals surface area contributed by atoms with Crippen molar-refractivity contribution in [1.82, 2.24) is 14.6 Å². The van der Waals surface area contributed by atoms with Crippen LogP contribution in [0.5, 0.6) is 0 Å². The molecule has 2 rings (SSSR count). The highest BCUT2D eigenvalue weighted by molar-refractivity contribution is 6.28. The fourth-order valence-corrected chi connectivity index (χ4v) is 2.09. The molecule has 0 N–H and O–H groups in total. The first kappa shape index (κ1) is 19.0. The molecule has 0 radical (unpaired) electrons. The maximum atomic E-state index is 12.3. The SMILES string of the molecule is C.CCN(C(=O)OC(C)(C)C)n1cc(-c2cccnc2)nc1Cl. The highest BCUT2D eigenvalue weighted by atomic mass is 35.5. The molecular weight excluding hydrogens is 316 g/mol. The second kappa shape index (κ2) is 7.46. The van der Waals surface area contributed by atoms with E-state index in [1.165, 1.54) is 9.69 Å². The van der Waals surface area contributed by atoms with Gasteiger partial charge in [0.2, 0.25) is 5.28 Å². The van der Waals surface area contributed by atoms with Crippen molar-refractivity contribution in [3.05, 3.63) is 36.0 Å².